The molecule has 0 heterocycles. The van der Waals surface area contributed by atoms with Crippen molar-refractivity contribution in [1.29, 1.82) is 0 Å². The third-order valence-corrected chi connectivity index (χ3v) is 4.49. The molecule has 0 aromatic heterocycles. The van der Waals surface area contributed by atoms with E-state index in [1.807, 2.05) is 0 Å². The van der Waals surface area contributed by atoms with Crippen LogP contribution >= 0.6 is 0 Å². The van der Waals surface area contributed by atoms with Crippen LogP contribution in [0.3, 0.4) is 0 Å². The number of hydrogen-bond donors (Lipinski definition) is 1. The number of carbonyl (C=O) groups is 1. The van der Waals surface area contributed by atoms with Crippen molar-refractivity contribution in [2.45, 2.75) is 6.92 Å². The van der Waals surface area contributed by atoms with Gasteiger partial charge < -0.3 is 5.32 Å². The lowest BCUT2D eigenvalue weighted by Gasteiger charge is -2.14. The number of anilines is 1. The summed E-state index contributed by atoms with van der Waals surface area (Å²) in [5.41, 5.74) is -2.40. The number of nitrogens with one attached hydrogen (secondary N) is 1. The number of amides is 1. The predicted molar refractivity (Wildman–Crippen MR) is 101 cm³/mol. The van der Waals surface area contributed by atoms with E-state index in [1.54, 1.807) is 0 Å². The highest BCUT2D eigenvalue weighted by molar-refractivity contribution is 6.27. The van der Waals surface area contributed by atoms with E-state index in [2.05, 4.69) is 11.9 Å². The molecule has 4 rings (SSSR count). The van der Waals surface area contributed by atoms with Gasteiger partial charge in [0, 0.05) is 38.2 Å². The second-order valence-electron chi connectivity index (χ2n) is 6.25. The van der Waals surface area contributed by atoms with Crippen LogP contribution < -0.4 is 27.0 Å². The topological polar surface area (TPSA) is 97.4 Å². The van der Waals surface area contributed by atoms with Crippen LogP contribution in [0.2, 0.25) is 0 Å². The van der Waals surface area contributed by atoms with E-state index in [0.29, 0.717) is 21.5 Å². The highest BCUT2D eigenvalue weighted by Crippen LogP contribution is 2.35. The van der Waals surface area contributed by atoms with Gasteiger partial charge in [0.2, 0.25) is 21.7 Å². The Morgan fingerprint density at radius 2 is 1.50 bits per heavy atom. The van der Waals surface area contributed by atoms with Gasteiger partial charge in [0.25, 0.3) is 5.91 Å². The number of benzene rings is 4. The quantitative estimate of drug-likeness (QED) is 0.337. The lowest BCUT2D eigenvalue weighted by Crippen LogP contribution is -2.26. The predicted octanol–water partition coefficient (Wildman–Crippen LogP) is 1.41. The van der Waals surface area contributed by atoms with E-state index in [-0.39, 0.29) is 22.0 Å². The van der Waals surface area contributed by atoms with Gasteiger partial charge in [-0.25, -0.2) is 0 Å². The molecular formula is C20H11NO5. The summed E-state index contributed by atoms with van der Waals surface area (Å²) < 4.78 is 0. The smallest absolute Gasteiger partial charge is 0.250 e. The van der Waals surface area contributed by atoms with Gasteiger partial charge in [0.1, 0.15) is 0 Å². The van der Waals surface area contributed by atoms with Crippen molar-refractivity contribution in [3.63, 3.8) is 0 Å². The summed E-state index contributed by atoms with van der Waals surface area (Å²) in [6.45, 7) is 5.06. The van der Waals surface area contributed by atoms with E-state index in [9.17, 15) is 24.0 Å². The molecule has 0 spiro atoms. The number of hydrogen-bond acceptors (Lipinski definition) is 5. The Morgan fingerprint density at radius 3 is 2.19 bits per heavy atom. The normalized spacial score (nSPS) is 11.4. The first-order valence-electron chi connectivity index (χ1n) is 7.77. The Labute approximate surface area is 145 Å². The molecule has 1 amide bonds. The van der Waals surface area contributed by atoms with Crippen molar-refractivity contribution in [3.8, 4) is 0 Å². The molecule has 0 bridgehead atoms. The molecule has 0 aliphatic carbocycles. The highest BCUT2D eigenvalue weighted by atomic mass is 16.2. The van der Waals surface area contributed by atoms with E-state index >= 15 is 0 Å². The minimum Gasteiger partial charge on any atom is -0.322 e. The molecule has 26 heavy (non-hydrogen) atoms. The van der Waals surface area contributed by atoms with Gasteiger partial charge in [-0.1, -0.05) is 12.6 Å². The van der Waals surface area contributed by atoms with Crippen LogP contribution in [0.4, 0.5) is 5.69 Å². The summed E-state index contributed by atoms with van der Waals surface area (Å²) in [6, 6.07) is 6.73. The molecule has 1 N–H and O–H groups in total. The summed E-state index contributed by atoms with van der Waals surface area (Å²) in [6.07, 6.45) is 0. The first-order chi connectivity index (χ1) is 12.3. The minimum absolute atomic E-state index is 0.0978. The summed E-state index contributed by atoms with van der Waals surface area (Å²) in [5, 5.41) is 4.51. The molecule has 0 unspecified atom stereocenters. The van der Waals surface area contributed by atoms with Gasteiger partial charge >= 0.3 is 0 Å². The Balaban J connectivity index is 2.32. The van der Waals surface area contributed by atoms with Crippen LogP contribution in [0.1, 0.15) is 6.92 Å². The van der Waals surface area contributed by atoms with Gasteiger partial charge in [-0.3, -0.25) is 24.0 Å². The molecule has 0 saturated heterocycles. The van der Waals surface area contributed by atoms with Gasteiger partial charge in [0.05, 0.1) is 0 Å². The van der Waals surface area contributed by atoms with Crippen molar-refractivity contribution in [3.05, 3.63) is 83.4 Å². The fraction of sp³-hybridized carbons (Fsp3) is 0.0500. The Kier molecular flexibility index (Phi) is 3.14. The number of carbonyl (C=O) groups excluding carboxylic acids is 1. The molecule has 4 aromatic rings. The first-order valence-corrected chi connectivity index (χ1v) is 7.77. The molecule has 0 radical (unpaired) electrons. The van der Waals surface area contributed by atoms with Crippen LogP contribution in [0.15, 0.2) is 61.7 Å². The SMILES string of the molecule is C=C(C)C(=O)Nc1cc2c(=O)c(=O)cc3ccc4c(=O)c(=O)cc1c4c32. The molecule has 4 aromatic carbocycles. The van der Waals surface area contributed by atoms with Gasteiger partial charge in [-0.05, 0) is 36.6 Å². The molecule has 0 saturated carbocycles. The zero-order valence-corrected chi connectivity index (χ0v) is 13.6. The van der Waals surface area contributed by atoms with E-state index in [4.69, 9.17) is 0 Å². The molecule has 0 fully saturated rings. The van der Waals surface area contributed by atoms with Crippen molar-refractivity contribution in [1.82, 2.24) is 0 Å². The summed E-state index contributed by atoms with van der Waals surface area (Å²) in [4.78, 5) is 60.8. The van der Waals surface area contributed by atoms with Crippen molar-refractivity contribution >= 4 is 43.9 Å². The molecule has 0 atom stereocenters. The average Bonchev–Trinajstić information content (AvgIpc) is 2.60. The fourth-order valence-electron chi connectivity index (χ4n) is 3.26. The van der Waals surface area contributed by atoms with Crippen LogP contribution in [-0.2, 0) is 4.79 Å². The average molecular weight is 345 g/mol. The van der Waals surface area contributed by atoms with E-state index in [0.717, 1.165) is 6.07 Å². The summed E-state index contributed by atoms with van der Waals surface area (Å²) >= 11 is 0. The van der Waals surface area contributed by atoms with Crippen LogP contribution in [0.25, 0.3) is 32.3 Å². The monoisotopic (exact) mass is 345 g/mol. The molecule has 126 valence electrons. The Morgan fingerprint density at radius 1 is 0.846 bits per heavy atom. The van der Waals surface area contributed by atoms with Gasteiger partial charge in [-0.2, -0.15) is 0 Å². The maximum Gasteiger partial charge on any atom is 0.250 e. The molecular weight excluding hydrogens is 334 g/mol. The third kappa shape index (κ3) is 2.02. The summed E-state index contributed by atoms with van der Waals surface area (Å²) in [5.74, 6) is -0.496. The van der Waals surface area contributed by atoms with Crippen molar-refractivity contribution < 1.29 is 4.79 Å². The standard InChI is InChI=1S/C20H11NO5/c1-8(2)20(26)21-13-6-12-16-9(5-14(22)19(12)25)3-4-10-17(16)11(13)7-15(23)18(10)24/h3-7H,1H2,2H3,(H,21,26). The zero-order chi connectivity index (χ0) is 18.7. The lowest BCUT2D eigenvalue weighted by molar-refractivity contribution is -0.112. The first kappa shape index (κ1) is 15.8. The lowest BCUT2D eigenvalue weighted by atomic mass is 9.92. The van der Waals surface area contributed by atoms with Crippen LogP contribution in [0.5, 0.6) is 0 Å². The zero-order valence-electron chi connectivity index (χ0n) is 13.6. The van der Waals surface area contributed by atoms with Crippen molar-refractivity contribution in [2.24, 2.45) is 0 Å². The van der Waals surface area contributed by atoms with Crippen LogP contribution in [0, 0.1) is 0 Å². The second kappa shape index (κ2) is 5.16. The van der Waals surface area contributed by atoms with Crippen LogP contribution in [-0.4, -0.2) is 5.91 Å². The number of rotatable bonds is 2. The maximum absolute atomic E-state index is 12.4. The highest BCUT2D eigenvalue weighted by Gasteiger charge is 2.19. The summed E-state index contributed by atoms with van der Waals surface area (Å²) in [7, 11) is 0. The largest absolute Gasteiger partial charge is 0.322 e. The van der Waals surface area contributed by atoms with E-state index in [1.165, 1.54) is 31.2 Å². The Hall–Kier alpha value is -3.67. The molecule has 6 heteroatoms. The molecule has 6 nitrogen and oxygen atoms in total. The Bertz CT molecular complexity index is 1470. The fourth-order valence-corrected chi connectivity index (χ4v) is 3.26. The van der Waals surface area contributed by atoms with Gasteiger partial charge in [0.15, 0.2) is 0 Å². The van der Waals surface area contributed by atoms with Crippen molar-refractivity contribution in [2.75, 3.05) is 5.32 Å². The molecule has 0 aliphatic rings. The van der Waals surface area contributed by atoms with Gasteiger partial charge in [-0.15, -0.1) is 0 Å². The minimum atomic E-state index is -0.726. The second-order valence-corrected chi connectivity index (χ2v) is 6.25. The third-order valence-electron chi connectivity index (χ3n) is 4.49. The molecule has 0 aliphatic heterocycles. The maximum atomic E-state index is 12.4. The van der Waals surface area contributed by atoms with E-state index < -0.39 is 27.6 Å².